The number of nitro groups is 1. The Morgan fingerprint density at radius 2 is 1.75 bits per heavy atom. The number of nitro benzene ring substituents is 1. The van der Waals surface area contributed by atoms with Crippen molar-refractivity contribution in [2.24, 2.45) is 5.41 Å². The predicted octanol–water partition coefficient (Wildman–Crippen LogP) is 2.02. The van der Waals surface area contributed by atoms with Gasteiger partial charge in [-0.2, -0.15) is 0 Å². The van der Waals surface area contributed by atoms with Crippen LogP contribution in [0.15, 0.2) is 24.3 Å². The van der Waals surface area contributed by atoms with E-state index in [0.29, 0.717) is 6.42 Å². The van der Waals surface area contributed by atoms with Crippen LogP contribution in [0.3, 0.4) is 0 Å². The summed E-state index contributed by atoms with van der Waals surface area (Å²) in [7, 11) is 0. The predicted molar refractivity (Wildman–Crippen MR) is 109 cm³/mol. The molecule has 0 aromatic heterocycles. The molecule has 3 N–H and O–H groups in total. The smallest absolute Gasteiger partial charge is 0.313 e. The zero-order chi connectivity index (χ0) is 23.7. The first-order valence-electron chi connectivity index (χ1n) is 10.4. The van der Waals surface area contributed by atoms with Crippen LogP contribution in [0.1, 0.15) is 47.0 Å². The molecule has 32 heavy (non-hydrogen) atoms. The second-order valence-electron chi connectivity index (χ2n) is 9.19. The van der Waals surface area contributed by atoms with Crippen molar-refractivity contribution in [1.29, 1.82) is 0 Å². The average Bonchev–Trinajstić information content (AvgIpc) is 3.44. The molecular formula is C21H31NO10. The standard InChI is InChI=1S/C21H31NO10/c1-19(2,24)31-16-11-15(29-17(21(16)9-10-21)32-20(3,4)25)12-28-18(23)30-14-7-5-13(6-8-14)22(26)27/h5-8,15-18,23-25H,9-12H2,1-4H3/t15-,16-,17+,18?/m0/s1. The molecule has 1 aromatic carbocycles. The molecule has 2 fully saturated rings. The number of rotatable bonds is 10. The highest BCUT2D eigenvalue weighted by molar-refractivity contribution is 5.35. The van der Waals surface area contributed by atoms with E-state index < -0.39 is 46.9 Å². The molecule has 1 saturated heterocycles. The summed E-state index contributed by atoms with van der Waals surface area (Å²) in [5.74, 6) is -2.63. The second kappa shape index (κ2) is 9.18. The molecule has 1 aliphatic carbocycles. The topological polar surface area (TPSA) is 150 Å². The quantitative estimate of drug-likeness (QED) is 0.270. The lowest BCUT2D eigenvalue weighted by Gasteiger charge is -2.45. The summed E-state index contributed by atoms with van der Waals surface area (Å²) in [5.41, 5.74) is -0.585. The molecule has 1 aromatic rings. The molecule has 1 unspecified atom stereocenters. The van der Waals surface area contributed by atoms with Crippen LogP contribution < -0.4 is 4.74 Å². The Morgan fingerprint density at radius 3 is 2.25 bits per heavy atom. The maximum Gasteiger partial charge on any atom is 0.313 e. The fraction of sp³-hybridized carbons (Fsp3) is 0.714. The van der Waals surface area contributed by atoms with E-state index in [-0.39, 0.29) is 18.0 Å². The lowest BCUT2D eigenvalue weighted by Crippen LogP contribution is -2.53. The van der Waals surface area contributed by atoms with Crippen LogP contribution in [-0.4, -0.2) is 63.4 Å². The van der Waals surface area contributed by atoms with Crippen LogP contribution in [0.5, 0.6) is 5.75 Å². The van der Waals surface area contributed by atoms with Gasteiger partial charge in [-0.3, -0.25) is 10.1 Å². The first-order chi connectivity index (χ1) is 14.8. The largest absolute Gasteiger partial charge is 0.441 e. The van der Waals surface area contributed by atoms with Gasteiger partial charge in [-0.25, -0.2) is 0 Å². The lowest BCUT2D eigenvalue weighted by atomic mass is 9.89. The van der Waals surface area contributed by atoms with Gasteiger partial charge in [0.05, 0.1) is 23.7 Å². The monoisotopic (exact) mass is 457 g/mol. The molecule has 1 saturated carbocycles. The Labute approximate surface area is 185 Å². The van der Waals surface area contributed by atoms with Crippen molar-refractivity contribution < 1.29 is 43.9 Å². The maximum atomic E-state index is 10.7. The zero-order valence-corrected chi connectivity index (χ0v) is 18.6. The second-order valence-corrected chi connectivity index (χ2v) is 9.19. The minimum atomic E-state index is -1.64. The van der Waals surface area contributed by atoms with Gasteiger partial charge in [0, 0.05) is 24.0 Å². The number of hydrogen-bond donors (Lipinski definition) is 3. The zero-order valence-electron chi connectivity index (χ0n) is 18.6. The van der Waals surface area contributed by atoms with Gasteiger partial charge in [-0.1, -0.05) is 0 Å². The van der Waals surface area contributed by atoms with Gasteiger partial charge in [-0.05, 0) is 52.7 Å². The highest BCUT2D eigenvalue weighted by Crippen LogP contribution is 2.59. The summed E-state index contributed by atoms with van der Waals surface area (Å²) >= 11 is 0. The van der Waals surface area contributed by atoms with Crippen molar-refractivity contribution in [2.45, 2.75) is 83.5 Å². The van der Waals surface area contributed by atoms with Crippen LogP contribution in [0.25, 0.3) is 0 Å². The van der Waals surface area contributed by atoms with E-state index in [1.165, 1.54) is 52.0 Å². The van der Waals surface area contributed by atoms with Crippen LogP contribution in [0, 0.1) is 15.5 Å². The minimum Gasteiger partial charge on any atom is -0.441 e. The Morgan fingerprint density at radius 1 is 1.16 bits per heavy atom. The fourth-order valence-corrected chi connectivity index (χ4v) is 3.71. The molecule has 2 aliphatic rings. The van der Waals surface area contributed by atoms with Crippen molar-refractivity contribution in [2.75, 3.05) is 6.61 Å². The first kappa shape index (κ1) is 24.8. The van der Waals surface area contributed by atoms with Crippen molar-refractivity contribution in [3.8, 4) is 5.75 Å². The summed E-state index contributed by atoms with van der Waals surface area (Å²) in [6.45, 7) is 4.36. The SMILES string of the molecule is CC(C)(O)O[C@H]1O[C@H](COC(O)Oc2ccc([N+](=O)[O-])cc2)C[C@H](OC(C)(C)O)C12CC2. The Bertz CT molecular complexity index is 753. The fourth-order valence-electron chi connectivity index (χ4n) is 3.71. The summed E-state index contributed by atoms with van der Waals surface area (Å²) in [6, 6.07) is 5.19. The highest BCUT2D eigenvalue weighted by atomic mass is 16.8. The van der Waals surface area contributed by atoms with Crippen LogP contribution in [0.4, 0.5) is 5.69 Å². The highest BCUT2D eigenvalue weighted by Gasteiger charge is 2.62. The van der Waals surface area contributed by atoms with Gasteiger partial charge in [0.1, 0.15) is 5.75 Å². The van der Waals surface area contributed by atoms with E-state index in [0.717, 1.165) is 12.8 Å². The summed E-state index contributed by atoms with van der Waals surface area (Å²) in [4.78, 5) is 10.2. The van der Waals surface area contributed by atoms with Gasteiger partial charge in [0.25, 0.3) is 5.69 Å². The van der Waals surface area contributed by atoms with Crippen LogP contribution in [-0.2, 0) is 18.9 Å². The van der Waals surface area contributed by atoms with Crippen molar-refractivity contribution in [3.63, 3.8) is 0 Å². The average molecular weight is 457 g/mol. The van der Waals surface area contributed by atoms with Crippen molar-refractivity contribution in [1.82, 2.24) is 0 Å². The third-order valence-electron chi connectivity index (χ3n) is 5.27. The van der Waals surface area contributed by atoms with Crippen LogP contribution in [0.2, 0.25) is 0 Å². The van der Waals surface area contributed by atoms with Crippen molar-refractivity contribution in [3.05, 3.63) is 34.4 Å². The third-order valence-corrected chi connectivity index (χ3v) is 5.27. The van der Waals surface area contributed by atoms with Gasteiger partial charge in [0.2, 0.25) is 0 Å². The van der Waals surface area contributed by atoms with Gasteiger partial charge in [-0.15, -0.1) is 0 Å². The van der Waals surface area contributed by atoms with E-state index in [1.54, 1.807) is 0 Å². The Kier molecular flexibility index (Phi) is 7.11. The third kappa shape index (κ3) is 6.58. The summed E-state index contributed by atoms with van der Waals surface area (Å²) < 4.78 is 28.2. The number of benzene rings is 1. The van der Waals surface area contributed by atoms with Gasteiger partial charge in [0.15, 0.2) is 17.9 Å². The number of ether oxygens (including phenoxy) is 5. The van der Waals surface area contributed by atoms with E-state index >= 15 is 0 Å². The molecule has 0 radical (unpaired) electrons. The number of nitrogens with zero attached hydrogens (tertiary/aromatic N) is 1. The molecule has 4 atom stereocenters. The molecule has 0 bridgehead atoms. The molecule has 11 nitrogen and oxygen atoms in total. The molecule has 1 aliphatic heterocycles. The van der Waals surface area contributed by atoms with E-state index in [1.807, 2.05) is 0 Å². The first-order valence-corrected chi connectivity index (χ1v) is 10.4. The normalized spacial score (nSPS) is 26.0. The molecule has 1 heterocycles. The van der Waals surface area contributed by atoms with Crippen molar-refractivity contribution >= 4 is 5.69 Å². The number of aliphatic hydroxyl groups excluding tert-OH is 1. The van der Waals surface area contributed by atoms with E-state index in [2.05, 4.69) is 0 Å². The molecular weight excluding hydrogens is 426 g/mol. The van der Waals surface area contributed by atoms with Crippen LogP contribution >= 0.6 is 0 Å². The molecule has 180 valence electrons. The number of non-ortho nitro benzene ring substituents is 1. The van der Waals surface area contributed by atoms with Gasteiger partial charge >= 0.3 is 6.48 Å². The minimum absolute atomic E-state index is 0.0817. The molecule has 3 rings (SSSR count). The number of aliphatic hydroxyl groups is 3. The molecule has 1 spiro atoms. The lowest BCUT2D eigenvalue weighted by molar-refractivity contribution is -0.384. The summed E-state index contributed by atoms with van der Waals surface area (Å²) in [6.07, 6.45) is 0.118. The van der Waals surface area contributed by atoms with Gasteiger partial charge < -0.3 is 39.0 Å². The Balaban J connectivity index is 1.61. The van der Waals surface area contributed by atoms with E-state index in [9.17, 15) is 25.4 Å². The summed E-state index contributed by atoms with van der Waals surface area (Å²) in [5, 5.41) is 41.1. The Hall–Kier alpha value is -1.86. The molecule has 11 heteroatoms. The van der Waals surface area contributed by atoms with E-state index in [4.69, 9.17) is 23.7 Å². The maximum absolute atomic E-state index is 10.7. The number of hydrogen-bond acceptors (Lipinski definition) is 10. The molecule has 0 amide bonds.